The molecule has 1 heterocycles. The van der Waals surface area contributed by atoms with Crippen molar-refractivity contribution in [3.8, 4) is 5.75 Å². The average molecular weight is 384 g/mol. The molecular formula is C17H12Cl2FNO4. The molecule has 1 unspecified atom stereocenters. The van der Waals surface area contributed by atoms with Crippen molar-refractivity contribution in [1.29, 1.82) is 0 Å². The van der Waals surface area contributed by atoms with Crippen molar-refractivity contribution in [3.05, 3.63) is 58.4 Å². The van der Waals surface area contributed by atoms with Gasteiger partial charge in [0, 0.05) is 5.02 Å². The molecule has 0 spiro atoms. The largest absolute Gasteiger partial charge is 0.478 e. The average Bonchev–Trinajstić information content (AvgIpc) is 2.53. The molecule has 0 saturated heterocycles. The molecule has 0 radical (unpaired) electrons. The van der Waals surface area contributed by atoms with Gasteiger partial charge in [0.25, 0.3) is 11.0 Å². The summed E-state index contributed by atoms with van der Waals surface area (Å²) in [5, 5.41) is 7.74. The second-order valence-corrected chi connectivity index (χ2v) is 6.80. The number of benzene rings is 2. The summed E-state index contributed by atoms with van der Waals surface area (Å²) in [6.07, 6.45) is 0. The van der Waals surface area contributed by atoms with Crippen molar-refractivity contribution in [3.63, 3.8) is 0 Å². The van der Waals surface area contributed by atoms with E-state index in [-0.39, 0.29) is 28.6 Å². The Balaban J connectivity index is 2.13. The molecule has 25 heavy (non-hydrogen) atoms. The minimum absolute atomic E-state index is 0.0453. The van der Waals surface area contributed by atoms with Crippen LogP contribution in [-0.4, -0.2) is 22.0 Å². The van der Waals surface area contributed by atoms with Crippen molar-refractivity contribution >= 4 is 40.8 Å². The number of hydrogen-bond donors (Lipinski definition) is 1. The molecule has 0 aromatic heterocycles. The lowest BCUT2D eigenvalue weighted by Gasteiger charge is -2.38. The molecule has 130 valence electrons. The number of ether oxygens (including phenoxy) is 1. The SMILES string of the molecule is CC1(Cl)Oc2c(C(=O)O)cc(Cl)cc2N(Cc2ccc(F)cc2)C1=O. The topological polar surface area (TPSA) is 66.8 Å². The molecule has 1 amide bonds. The van der Waals surface area contributed by atoms with Crippen LogP contribution in [0.5, 0.6) is 5.75 Å². The summed E-state index contributed by atoms with van der Waals surface area (Å²) in [5.74, 6) is -2.29. The number of nitrogens with zero attached hydrogens (tertiary/aromatic N) is 1. The first kappa shape index (κ1) is 17.5. The maximum Gasteiger partial charge on any atom is 0.339 e. The molecule has 0 saturated carbocycles. The number of rotatable bonds is 3. The van der Waals surface area contributed by atoms with E-state index >= 15 is 0 Å². The van der Waals surface area contributed by atoms with Crippen molar-refractivity contribution < 1.29 is 23.8 Å². The van der Waals surface area contributed by atoms with Crippen LogP contribution in [0.1, 0.15) is 22.8 Å². The third-order valence-corrected chi connectivity index (χ3v) is 4.19. The second kappa shape index (κ2) is 6.20. The van der Waals surface area contributed by atoms with Gasteiger partial charge < -0.3 is 9.84 Å². The zero-order valence-corrected chi connectivity index (χ0v) is 14.4. The number of carbonyl (C=O) groups is 2. The van der Waals surface area contributed by atoms with Crippen molar-refractivity contribution in [2.45, 2.75) is 18.5 Å². The molecule has 5 nitrogen and oxygen atoms in total. The third-order valence-electron chi connectivity index (χ3n) is 3.73. The minimum atomic E-state index is -1.77. The molecule has 8 heteroatoms. The molecule has 0 aliphatic carbocycles. The number of carboxylic acid groups (broad SMARTS) is 1. The Morgan fingerprint density at radius 3 is 2.56 bits per heavy atom. The summed E-state index contributed by atoms with van der Waals surface area (Å²) in [6.45, 7) is 1.38. The molecule has 2 aromatic rings. The number of alkyl halides is 1. The smallest absolute Gasteiger partial charge is 0.339 e. The predicted octanol–water partition coefficient (Wildman–Crippen LogP) is 4.06. The predicted molar refractivity (Wildman–Crippen MR) is 90.9 cm³/mol. The monoisotopic (exact) mass is 383 g/mol. The quantitative estimate of drug-likeness (QED) is 0.811. The molecule has 1 atom stereocenters. The van der Waals surface area contributed by atoms with E-state index < -0.39 is 22.8 Å². The number of carbonyl (C=O) groups excluding carboxylic acids is 1. The Hall–Kier alpha value is -2.31. The minimum Gasteiger partial charge on any atom is -0.478 e. The number of anilines is 1. The molecule has 0 fully saturated rings. The van der Waals surface area contributed by atoms with Gasteiger partial charge in [0.15, 0.2) is 5.75 Å². The fraction of sp³-hybridized carbons (Fsp3) is 0.176. The zero-order chi connectivity index (χ0) is 18.4. The number of halogens is 3. The Kier molecular flexibility index (Phi) is 4.34. The van der Waals surface area contributed by atoms with Crippen LogP contribution < -0.4 is 9.64 Å². The normalized spacial score (nSPS) is 19.4. The van der Waals surface area contributed by atoms with Gasteiger partial charge in [0.05, 0.1) is 12.2 Å². The van der Waals surface area contributed by atoms with Crippen LogP contribution in [0.15, 0.2) is 36.4 Å². The highest BCUT2D eigenvalue weighted by Gasteiger charge is 2.45. The van der Waals surface area contributed by atoms with E-state index in [2.05, 4.69) is 0 Å². The zero-order valence-electron chi connectivity index (χ0n) is 12.9. The summed E-state index contributed by atoms with van der Waals surface area (Å²) in [4.78, 5) is 25.4. The third kappa shape index (κ3) is 3.27. The summed E-state index contributed by atoms with van der Waals surface area (Å²) < 4.78 is 18.5. The first-order valence-electron chi connectivity index (χ1n) is 7.20. The number of aromatic carboxylic acids is 1. The number of fused-ring (bicyclic) bond motifs is 1. The lowest BCUT2D eigenvalue weighted by atomic mass is 10.1. The van der Waals surface area contributed by atoms with Crippen LogP contribution in [0.25, 0.3) is 0 Å². The second-order valence-electron chi connectivity index (χ2n) is 5.64. The van der Waals surface area contributed by atoms with Crippen LogP contribution in [-0.2, 0) is 11.3 Å². The standard InChI is InChI=1S/C17H12Cl2FNO4/c1-17(19)16(24)21(8-9-2-4-11(20)5-3-9)13-7-10(18)6-12(15(22)23)14(13)25-17/h2-7H,8H2,1H3,(H,22,23). The van der Waals surface area contributed by atoms with Crippen LogP contribution in [0.4, 0.5) is 10.1 Å². The van der Waals surface area contributed by atoms with E-state index in [1.165, 1.54) is 48.2 Å². The van der Waals surface area contributed by atoms with Crippen LogP contribution in [0, 0.1) is 5.82 Å². The molecular weight excluding hydrogens is 372 g/mol. The van der Waals surface area contributed by atoms with Crippen LogP contribution >= 0.6 is 23.2 Å². The van der Waals surface area contributed by atoms with Gasteiger partial charge in [-0.2, -0.15) is 0 Å². The lowest BCUT2D eigenvalue weighted by Crippen LogP contribution is -2.51. The maximum absolute atomic E-state index is 13.1. The summed E-state index contributed by atoms with van der Waals surface area (Å²) in [5.41, 5.74) is 0.621. The highest BCUT2D eigenvalue weighted by Crippen LogP contribution is 2.44. The first-order valence-corrected chi connectivity index (χ1v) is 7.96. The van der Waals surface area contributed by atoms with E-state index in [0.29, 0.717) is 5.56 Å². The highest BCUT2D eigenvalue weighted by molar-refractivity contribution is 6.37. The van der Waals surface area contributed by atoms with E-state index in [1.54, 1.807) is 0 Å². The van der Waals surface area contributed by atoms with Crippen LogP contribution in [0.3, 0.4) is 0 Å². The highest BCUT2D eigenvalue weighted by atomic mass is 35.5. The Bertz CT molecular complexity index is 868. The Morgan fingerprint density at radius 2 is 1.96 bits per heavy atom. The fourth-order valence-electron chi connectivity index (χ4n) is 2.56. The molecule has 1 N–H and O–H groups in total. The van der Waals surface area contributed by atoms with Gasteiger partial charge in [0.1, 0.15) is 11.4 Å². The number of carboxylic acids is 1. The number of hydrogen-bond acceptors (Lipinski definition) is 3. The lowest BCUT2D eigenvalue weighted by molar-refractivity contribution is -0.128. The van der Waals surface area contributed by atoms with E-state index in [9.17, 15) is 19.1 Å². The van der Waals surface area contributed by atoms with Crippen LogP contribution in [0.2, 0.25) is 5.02 Å². The van der Waals surface area contributed by atoms with Gasteiger partial charge in [-0.3, -0.25) is 9.69 Å². The molecule has 0 bridgehead atoms. The van der Waals surface area contributed by atoms with E-state index in [1.807, 2.05) is 0 Å². The molecule has 1 aliphatic heterocycles. The summed E-state index contributed by atoms with van der Waals surface area (Å²) >= 11 is 12.1. The Morgan fingerprint density at radius 1 is 1.32 bits per heavy atom. The van der Waals surface area contributed by atoms with Gasteiger partial charge >= 0.3 is 5.97 Å². The van der Waals surface area contributed by atoms with Gasteiger partial charge in [0.2, 0.25) is 0 Å². The van der Waals surface area contributed by atoms with Gasteiger partial charge in [-0.1, -0.05) is 35.3 Å². The number of amides is 1. The molecule has 2 aromatic carbocycles. The van der Waals surface area contributed by atoms with E-state index in [0.717, 1.165) is 0 Å². The van der Waals surface area contributed by atoms with Crippen molar-refractivity contribution in [2.24, 2.45) is 0 Å². The van der Waals surface area contributed by atoms with Gasteiger partial charge in [-0.25, -0.2) is 9.18 Å². The summed E-state index contributed by atoms with van der Waals surface area (Å²) in [7, 11) is 0. The van der Waals surface area contributed by atoms with Crippen molar-refractivity contribution in [2.75, 3.05) is 4.90 Å². The maximum atomic E-state index is 13.1. The molecule has 1 aliphatic rings. The fourth-order valence-corrected chi connectivity index (χ4v) is 2.95. The van der Waals surface area contributed by atoms with E-state index in [4.69, 9.17) is 27.9 Å². The Labute approximate surface area is 152 Å². The summed E-state index contributed by atoms with van der Waals surface area (Å²) in [6, 6.07) is 8.22. The first-order chi connectivity index (χ1) is 11.7. The molecule has 3 rings (SSSR count). The van der Waals surface area contributed by atoms with Crippen molar-refractivity contribution in [1.82, 2.24) is 0 Å². The van der Waals surface area contributed by atoms with Gasteiger partial charge in [-0.05, 0) is 36.8 Å². The van der Waals surface area contributed by atoms with Gasteiger partial charge in [-0.15, -0.1) is 0 Å².